The molecule has 0 spiro atoms. The highest BCUT2D eigenvalue weighted by Crippen LogP contribution is 2.19. The van der Waals surface area contributed by atoms with Gasteiger partial charge >= 0.3 is 0 Å². The number of carbonyl (C=O) groups is 1. The molecule has 0 heterocycles. The van der Waals surface area contributed by atoms with Crippen LogP contribution in [0.3, 0.4) is 0 Å². The van der Waals surface area contributed by atoms with Gasteiger partial charge in [-0.15, -0.1) is 0 Å². The molecule has 0 aromatic carbocycles. The van der Waals surface area contributed by atoms with Gasteiger partial charge in [0.15, 0.2) is 0 Å². The van der Waals surface area contributed by atoms with Crippen molar-refractivity contribution < 1.29 is 4.79 Å². The molecular formula is C11H23N3O. The van der Waals surface area contributed by atoms with Crippen LogP contribution in [0, 0.1) is 0 Å². The van der Waals surface area contributed by atoms with Gasteiger partial charge in [0, 0.05) is 30.6 Å². The smallest absolute Gasteiger partial charge is 0.222 e. The number of hydrogen-bond donors (Lipinski definition) is 3. The second-order valence-corrected chi connectivity index (χ2v) is 5.38. The largest absolute Gasteiger partial charge is 0.351 e. The second kappa shape index (κ2) is 4.94. The molecule has 1 amide bonds. The molecule has 0 radical (unpaired) electrons. The Balaban J connectivity index is 2.27. The molecule has 15 heavy (non-hydrogen) atoms. The van der Waals surface area contributed by atoms with Crippen molar-refractivity contribution in [2.24, 2.45) is 5.73 Å². The van der Waals surface area contributed by atoms with E-state index in [0.29, 0.717) is 19.0 Å². The van der Waals surface area contributed by atoms with Gasteiger partial charge in [-0.3, -0.25) is 4.79 Å². The summed E-state index contributed by atoms with van der Waals surface area (Å²) in [6, 6.07) is 0.723. The third-order valence-electron chi connectivity index (χ3n) is 2.28. The summed E-state index contributed by atoms with van der Waals surface area (Å²) >= 11 is 0. The highest BCUT2D eigenvalue weighted by molar-refractivity contribution is 5.77. The van der Waals surface area contributed by atoms with Crippen molar-refractivity contribution in [1.29, 1.82) is 0 Å². The molecule has 1 unspecified atom stereocenters. The molecule has 0 saturated heterocycles. The Morgan fingerprint density at radius 1 is 1.47 bits per heavy atom. The molecular weight excluding hydrogens is 190 g/mol. The molecule has 1 atom stereocenters. The Morgan fingerprint density at radius 2 is 2.07 bits per heavy atom. The SMILES string of the molecule is CC(C)(C)NC(=O)CC(CN)NC1CC1. The van der Waals surface area contributed by atoms with Crippen LogP contribution in [0.4, 0.5) is 0 Å². The van der Waals surface area contributed by atoms with E-state index in [9.17, 15) is 4.79 Å². The molecule has 1 rings (SSSR count). The fraction of sp³-hybridized carbons (Fsp3) is 0.909. The molecule has 0 aliphatic heterocycles. The highest BCUT2D eigenvalue weighted by Gasteiger charge is 2.25. The van der Waals surface area contributed by atoms with Crippen molar-refractivity contribution in [3.63, 3.8) is 0 Å². The number of carbonyl (C=O) groups excluding carboxylic acids is 1. The Labute approximate surface area is 92.0 Å². The van der Waals surface area contributed by atoms with Crippen LogP contribution in [0.15, 0.2) is 0 Å². The third kappa shape index (κ3) is 5.74. The summed E-state index contributed by atoms with van der Waals surface area (Å²) in [5, 5.41) is 6.31. The molecule has 1 fully saturated rings. The summed E-state index contributed by atoms with van der Waals surface area (Å²) in [7, 11) is 0. The van der Waals surface area contributed by atoms with E-state index in [1.807, 2.05) is 20.8 Å². The number of hydrogen-bond acceptors (Lipinski definition) is 3. The Kier molecular flexibility index (Phi) is 4.11. The number of nitrogens with one attached hydrogen (secondary N) is 2. The maximum absolute atomic E-state index is 11.6. The zero-order valence-electron chi connectivity index (χ0n) is 9.97. The van der Waals surface area contributed by atoms with Crippen molar-refractivity contribution in [3.05, 3.63) is 0 Å². The first-order valence-electron chi connectivity index (χ1n) is 5.68. The fourth-order valence-corrected chi connectivity index (χ4v) is 1.49. The maximum atomic E-state index is 11.6. The van der Waals surface area contributed by atoms with Crippen LogP contribution in [0.25, 0.3) is 0 Å². The van der Waals surface area contributed by atoms with E-state index in [-0.39, 0.29) is 17.5 Å². The monoisotopic (exact) mass is 213 g/mol. The van der Waals surface area contributed by atoms with Gasteiger partial charge in [0.05, 0.1) is 0 Å². The molecule has 4 heteroatoms. The summed E-state index contributed by atoms with van der Waals surface area (Å²) in [6.45, 7) is 6.47. The zero-order valence-corrected chi connectivity index (χ0v) is 9.97. The number of nitrogens with two attached hydrogens (primary N) is 1. The van der Waals surface area contributed by atoms with Gasteiger partial charge in [0.25, 0.3) is 0 Å². The van der Waals surface area contributed by atoms with E-state index < -0.39 is 0 Å². The lowest BCUT2D eigenvalue weighted by molar-refractivity contribution is -0.122. The Hall–Kier alpha value is -0.610. The third-order valence-corrected chi connectivity index (χ3v) is 2.28. The predicted molar refractivity (Wildman–Crippen MR) is 61.5 cm³/mol. The van der Waals surface area contributed by atoms with Crippen LogP contribution in [0.1, 0.15) is 40.0 Å². The van der Waals surface area contributed by atoms with Gasteiger partial charge in [-0.25, -0.2) is 0 Å². The van der Waals surface area contributed by atoms with Crippen LogP contribution in [0.2, 0.25) is 0 Å². The van der Waals surface area contributed by atoms with Gasteiger partial charge in [-0.1, -0.05) is 0 Å². The molecule has 88 valence electrons. The van der Waals surface area contributed by atoms with Crippen LogP contribution < -0.4 is 16.4 Å². The summed E-state index contributed by atoms with van der Waals surface area (Å²) in [5.41, 5.74) is 5.46. The minimum absolute atomic E-state index is 0.0751. The summed E-state index contributed by atoms with van der Waals surface area (Å²) in [4.78, 5) is 11.6. The topological polar surface area (TPSA) is 67.2 Å². The lowest BCUT2D eigenvalue weighted by Gasteiger charge is -2.23. The minimum atomic E-state index is -0.157. The maximum Gasteiger partial charge on any atom is 0.222 e. The average Bonchev–Trinajstić information content (AvgIpc) is 2.83. The van der Waals surface area contributed by atoms with Crippen LogP contribution in [-0.2, 0) is 4.79 Å². The zero-order chi connectivity index (χ0) is 11.5. The van der Waals surface area contributed by atoms with E-state index >= 15 is 0 Å². The Morgan fingerprint density at radius 3 is 2.47 bits per heavy atom. The van der Waals surface area contributed by atoms with E-state index in [1.165, 1.54) is 12.8 Å². The molecule has 4 nitrogen and oxygen atoms in total. The first-order valence-corrected chi connectivity index (χ1v) is 5.68. The van der Waals surface area contributed by atoms with Gasteiger partial charge in [0.1, 0.15) is 0 Å². The molecule has 1 saturated carbocycles. The quantitative estimate of drug-likeness (QED) is 0.618. The predicted octanol–water partition coefficient (Wildman–Crippen LogP) is 0.371. The second-order valence-electron chi connectivity index (χ2n) is 5.38. The van der Waals surface area contributed by atoms with Gasteiger partial charge < -0.3 is 16.4 Å². The minimum Gasteiger partial charge on any atom is -0.351 e. The van der Waals surface area contributed by atoms with Gasteiger partial charge in [-0.05, 0) is 33.6 Å². The number of amides is 1. The highest BCUT2D eigenvalue weighted by atomic mass is 16.1. The van der Waals surface area contributed by atoms with Crippen LogP contribution in [0.5, 0.6) is 0 Å². The Bertz CT molecular complexity index is 218. The van der Waals surface area contributed by atoms with Crippen molar-refractivity contribution in [1.82, 2.24) is 10.6 Å². The van der Waals surface area contributed by atoms with Gasteiger partial charge in [-0.2, -0.15) is 0 Å². The molecule has 1 aliphatic carbocycles. The van der Waals surface area contributed by atoms with E-state index in [4.69, 9.17) is 5.73 Å². The van der Waals surface area contributed by atoms with Crippen molar-refractivity contribution in [2.45, 2.75) is 57.7 Å². The summed E-state index contributed by atoms with van der Waals surface area (Å²) < 4.78 is 0. The van der Waals surface area contributed by atoms with Crippen molar-refractivity contribution in [3.8, 4) is 0 Å². The van der Waals surface area contributed by atoms with Gasteiger partial charge in [0.2, 0.25) is 5.91 Å². The normalized spacial score (nSPS) is 18.7. The standard InChI is InChI=1S/C11H23N3O/c1-11(2,3)14-10(15)6-9(7-12)13-8-4-5-8/h8-9,13H,4-7,12H2,1-3H3,(H,14,15). The average molecular weight is 213 g/mol. The molecule has 1 aliphatic rings. The van der Waals surface area contributed by atoms with Crippen molar-refractivity contribution >= 4 is 5.91 Å². The number of rotatable bonds is 5. The van der Waals surface area contributed by atoms with E-state index in [1.54, 1.807) is 0 Å². The molecule has 0 bridgehead atoms. The summed E-state index contributed by atoms with van der Waals surface area (Å²) in [6.07, 6.45) is 2.92. The molecule has 4 N–H and O–H groups in total. The molecule has 0 aromatic heterocycles. The first kappa shape index (κ1) is 12.5. The van der Waals surface area contributed by atoms with E-state index in [2.05, 4.69) is 10.6 Å². The van der Waals surface area contributed by atoms with Crippen molar-refractivity contribution in [2.75, 3.05) is 6.54 Å². The first-order chi connectivity index (χ1) is 6.90. The van der Waals surface area contributed by atoms with E-state index in [0.717, 1.165) is 0 Å². The fourth-order valence-electron chi connectivity index (χ4n) is 1.49. The lowest BCUT2D eigenvalue weighted by Crippen LogP contribution is -2.46. The van der Waals surface area contributed by atoms with Crippen LogP contribution in [-0.4, -0.2) is 30.1 Å². The summed E-state index contributed by atoms with van der Waals surface area (Å²) in [5.74, 6) is 0.0751. The lowest BCUT2D eigenvalue weighted by atomic mass is 10.1. The molecule has 0 aromatic rings. The van der Waals surface area contributed by atoms with Crippen LogP contribution >= 0.6 is 0 Å².